The van der Waals surface area contributed by atoms with Gasteiger partial charge in [-0.25, -0.2) is 0 Å². The van der Waals surface area contributed by atoms with Crippen LogP contribution in [-0.4, -0.2) is 11.3 Å². The highest BCUT2D eigenvalue weighted by Crippen LogP contribution is 2.53. The average molecular weight is 270 g/mol. The molecule has 1 aliphatic carbocycles. The molecule has 0 atom stereocenters. The summed E-state index contributed by atoms with van der Waals surface area (Å²) in [5.41, 5.74) is 1.29. The predicted octanol–water partition coefficient (Wildman–Crippen LogP) is 3.89. The molecule has 1 nitrogen and oxygen atoms in total. The number of fused-ring (bicyclic) bond motifs is 1. The first-order valence-electron chi connectivity index (χ1n) is 5.01. The maximum absolute atomic E-state index is 3.58. The zero-order chi connectivity index (χ0) is 9.60. The maximum Gasteiger partial charge on any atom is 0.0623 e. The second-order valence-electron chi connectivity index (χ2n) is 4.11. The average Bonchev–Trinajstić information content (AvgIpc) is 2.15. The van der Waals surface area contributed by atoms with Gasteiger partial charge in [0.05, 0.1) is 5.69 Å². The summed E-state index contributed by atoms with van der Waals surface area (Å²) < 4.78 is 1.71. The van der Waals surface area contributed by atoms with Crippen LogP contribution in [-0.2, 0) is 0 Å². The van der Waals surface area contributed by atoms with Gasteiger partial charge in [-0.1, -0.05) is 12.5 Å². The van der Waals surface area contributed by atoms with Crippen molar-refractivity contribution in [1.29, 1.82) is 0 Å². The number of rotatable bonds is 0. The van der Waals surface area contributed by atoms with Gasteiger partial charge in [0.1, 0.15) is 0 Å². The normalized spacial score (nSPS) is 22.4. The molecule has 0 unspecified atom stereocenters. The van der Waals surface area contributed by atoms with E-state index in [0.29, 0.717) is 4.75 Å². The summed E-state index contributed by atoms with van der Waals surface area (Å²) >= 11 is 5.65. The van der Waals surface area contributed by atoms with Gasteiger partial charge in [0.15, 0.2) is 0 Å². The molecule has 1 spiro atoms. The van der Waals surface area contributed by atoms with E-state index in [0.717, 1.165) is 6.54 Å². The molecule has 1 aromatic rings. The Morgan fingerprint density at radius 1 is 1.36 bits per heavy atom. The van der Waals surface area contributed by atoms with Gasteiger partial charge in [-0.3, -0.25) is 0 Å². The van der Waals surface area contributed by atoms with Crippen LogP contribution in [0.25, 0.3) is 0 Å². The van der Waals surface area contributed by atoms with Crippen LogP contribution >= 0.6 is 27.7 Å². The van der Waals surface area contributed by atoms with Gasteiger partial charge in [-0.05, 0) is 40.9 Å². The number of benzene rings is 1. The van der Waals surface area contributed by atoms with Crippen molar-refractivity contribution in [3.63, 3.8) is 0 Å². The maximum atomic E-state index is 3.58. The number of hydrogen-bond acceptors (Lipinski definition) is 2. The predicted molar refractivity (Wildman–Crippen MR) is 65.1 cm³/mol. The zero-order valence-corrected chi connectivity index (χ0v) is 10.2. The van der Waals surface area contributed by atoms with Crippen LogP contribution in [0.3, 0.4) is 0 Å². The van der Waals surface area contributed by atoms with E-state index < -0.39 is 0 Å². The minimum absolute atomic E-state index is 0.522. The van der Waals surface area contributed by atoms with E-state index in [-0.39, 0.29) is 0 Å². The molecule has 0 bridgehead atoms. The Balaban J connectivity index is 1.98. The van der Waals surface area contributed by atoms with Gasteiger partial charge >= 0.3 is 0 Å². The second kappa shape index (κ2) is 3.17. The molecule has 0 aromatic heterocycles. The van der Waals surface area contributed by atoms with E-state index in [1.165, 1.54) is 34.3 Å². The summed E-state index contributed by atoms with van der Waals surface area (Å²) in [4.78, 5) is 1.41. The fourth-order valence-electron chi connectivity index (χ4n) is 2.13. The molecule has 0 radical (unpaired) electrons. The minimum Gasteiger partial charge on any atom is -0.382 e. The number of anilines is 1. The summed E-state index contributed by atoms with van der Waals surface area (Å²) in [6.45, 7) is 1.13. The molecular weight excluding hydrogens is 258 g/mol. The number of halogens is 1. The number of hydrogen-bond donors (Lipinski definition) is 1. The molecule has 3 rings (SSSR count). The fourth-order valence-corrected chi connectivity index (χ4v) is 4.30. The Morgan fingerprint density at radius 3 is 2.93 bits per heavy atom. The largest absolute Gasteiger partial charge is 0.382 e. The first-order chi connectivity index (χ1) is 6.79. The molecule has 14 heavy (non-hydrogen) atoms. The van der Waals surface area contributed by atoms with Crippen molar-refractivity contribution in [3.05, 3.63) is 22.7 Å². The Morgan fingerprint density at radius 2 is 2.21 bits per heavy atom. The summed E-state index contributed by atoms with van der Waals surface area (Å²) in [6.07, 6.45) is 4.14. The third-order valence-electron chi connectivity index (χ3n) is 3.15. The fraction of sp³-hybridized carbons (Fsp3) is 0.455. The quantitative estimate of drug-likeness (QED) is 0.767. The molecule has 1 fully saturated rings. The van der Waals surface area contributed by atoms with Crippen LogP contribution in [0, 0.1) is 0 Å². The van der Waals surface area contributed by atoms with E-state index in [1.54, 1.807) is 0 Å². The molecule has 1 heterocycles. The minimum atomic E-state index is 0.522. The number of nitrogens with one attached hydrogen (secondary N) is 1. The zero-order valence-electron chi connectivity index (χ0n) is 7.85. The summed E-state index contributed by atoms with van der Waals surface area (Å²) in [6, 6.07) is 6.44. The van der Waals surface area contributed by atoms with Crippen molar-refractivity contribution in [3.8, 4) is 0 Å². The van der Waals surface area contributed by atoms with Crippen LogP contribution in [0.4, 0.5) is 5.69 Å². The Hall–Kier alpha value is -0.150. The van der Waals surface area contributed by atoms with E-state index in [9.17, 15) is 0 Å². The lowest BCUT2D eigenvalue weighted by Gasteiger charge is -2.45. The third-order valence-corrected chi connectivity index (χ3v) is 5.36. The van der Waals surface area contributed by atoms with Crippen LogP contribution < -0.4 is 5.32 Å². The van der Waals surface area contributed by atoms with Gasteiger partial charge in [-0.15, -0.1) is 11.8 Å². The van der Waals surface area contributed by atoms with E-state index in [1.807, 2.05) is 0 Å². The Kier molecular flexibility index (Phi) is 2.06. The topological polar surface area (TPSA) is 12.0 Å². The third kappa shape index (κ3) is 1.29. The van der Waals surface area contributed by atoms with E-state index in [4.69, 9.17) is 0 Å². The van der Waals surface area contributed by atoms with Crippen LogP contribution in [0.1, 0.15) is 19.3 Å². The highest BCUT2D eigenvalue weighted by Gasteiger charge is 2.40. The monoisotopic (exact) mass is 269 g/mol. The Bertz CT molecular complexity index is 374. The van der Waals surface area contributed by atoms with E-state index in [2.05, 4.69) is 51.2 Å². The van der Waals surface area contributed by atoms with Crippen molar-refractivity contribution < 1.29 is 0 Å². The molecular formula is C11H12BrNS. The van der Waals surface area contributed by atoms with Crippen molar-refractivity contribution in [2.24, 2.45) is 0 Å². The van der Waals surface area contributed by atoms with Gasteiger partial charge in [0.25, 0.3) is 0 Å². The molecule has 3 heteroatoms. The van der Waals surface area contributed by atoms with Crippen LogP contribution in [0.15, 0.2) is 27.6 Å². The highest BCUT2D eigenvalue weighted by molar-refractivity contribution is 9.10. The van der Waals surface area contributed by atoms with Crippen LogP contribution in [0.2, 0.25) is 0 Å². The van der Waals surface area contributed by atoms with Crippen LogP contribution in [0.5, 0.6) is 0 Å². The molecule has 74 valence electrons. The van der Waals surface area contributed by atoms with Gasteiger partial charge < -0.3 is 5.32 Å². The number of para-hydroxylation sites is 1. The molecule has 1 saturated carbocycles. The van der Waals surface area contributed by atoms with Crippen molar-refractivity contribution in [2.45, 2.75) is 28.9 Å². The van der Waals surface area contributed by atoms with Crippen molar-refractivity contribution in [1.82, 2.24) is 0 Å². The lowest BCUT2D eigenvalue weighted by molar-refractivity contribution is 0.376. The van der Waals surface area contributed by atoms with E-state index >= 15 is 0 Å². The second-order valence-corrected chi connectivity index (χ2v) is 6.47. The highest BCUT2D eigenvalue weighted by atomic mass is 79.9. The van der Waals surface area contributed by atoms with Crippen molar-refractivity contribution >= 4 is 33.4 Å². The molecule has 1 aliphatic heterocycles. The molecule has 2 aliphatic rings. The SMILES string of the molecule is Brc1cccc2c1NCC1(CCC1)S2. The van der Waals surface area contributed by atoms with Gasteiger partial charge in [0, 0.05) is 20.7 Å². The first-order valence-corrected chi connectivity index (χ1v) is 6.61. The van der Waals surface area contributed by atoms with Gasteiger partial charge in [-0.2, -0.15) is 0 Å². The first kappa shape index (κ1) is 9.10. The summed E-state index contributed by atoms with van der Waals surface area (Å²) in [5.74, 6) is 0. The standard InChI is InChI=1S/C11H12BrNS/c12-8-3-1-4-9-10(8)13-7-11(14-9)5-2-6-11/h1,3-4,13H,2,5-7H2. The lowest BCUT2D eigenvalue weighted by Crippen LogP contribution is -2.42. The molecule has 1 aromatic carbocycles. The number of thioether (sulfide) groups is 1. The lowest BCUT2D eigenvalue weighted by atomic mass is 9.84. The van der Waals surface area contributed by atoms with Crippen molar-refractivity contribution in [2.75, 3.05) is 11.9 Å². The molecule has 1 N–H and O–H groups in total. The summed E-state index contributed by atoms with van der Waals surface area (Å²) in [5, 5.41) is 3.56. The molecule has 0 amide bonds. The Labute approximate surface area is 96.8 Å². The molecule has 0 saturated heterocycles. The van der Waals surface area contributed by atoms with Gasteiger partial charge in [0.2, 0.25) is 0 Å². The smallest absolute Gasteiger partial charge is 0.0623 e. The summed E-state index contributed by atoms with van der Waals surface area (Å²) in [7, 11) is 0.